The average Bonchev–Trinajstić information content (AvgIpc) is 3.38. The number of hydrogen-bond donors (Lipinski definition) is 1. The summed E-state index contributed by atoms with van der Waals surface area (Å²) in [5.74, 6) is 1.61. The van der Waals surface area contributed by atoms with E-state index in [-0.39, 0.29) is 23.0 Å². The van der Waals surface area contributed by atoms with E-state index in [2.05, 4.69) is 39.7 Å². The SMILES string of the molecule is CCSC(=O)C(C)(CC)O[C@@H](C)C(=O)C(C)(CC)O[C@@H](CNC(C)(C)C)COc1nsnc1N1CCOCC1. The lowest BCUT2D eigenvalue weighted by molar-refractivity contribution is -0.174. The maximum Gasteiger partial charge on any atom is 0.270 e. The van der Waals surface area contributed by atoms with Crippen LogP contribution in [0.1, 0.15) is 75.2 Å². The maximum absolute atomic E-state index is 13.7. The van der Waals surface area contributed by atoms with Gasteiger partial charge < -0.3 is 29.2 Å². The number of carbonyl (C=O) groups excluding carboxylic acids is 2. The molecule has 1 aromatic heterocycles. The molecule has 1 aromatic rings. The summed E-state index contributed by atoms with van der Waals surface area (Å²) in [6, 6.07) is 0. The zero-order chi connectivity index (χ0) is 29.3. The Hall–Kier alpha value is -1.31. The van der Waals surface area contributed by atoms with Crippen LogP contribution in [0.2, 0.25) is 0 Å². The van der Waals surface area contributed by atoms with Gasteiger partial charge in [-0.2, -0.15) is 4.37 Å². The van der Waals surface area contributed by atoms with Gasteiger partial charge in [0.25, 0.3) is 5.88 Å². The van der Waals surface area contributed by atoms with Crippen molar-refractivity contribution in [2.75, 3.05) is 50.1 Å². The van der Waals surface area contributed by atoms with Crippen LogP contribution in [0.15, 0.2) is 0 Å². The fourth-order valence-electron chi connectivity index (χ4n) is 4.08. The predicted molar refractivity (Wildman–Crippen MR) is 157 cm³/mol. The number of anilines is 1. The highest BCUT2D eigenvalue weighted by molar-refractivity contribution is 8.13. The number of carbonyl (C=O) groups is 2. The Bertz CT molecular complexity index is 920. The minimum Gasteiger partial charge on any atom is -0.472 e. The fourth-order valence-corrected chi connectivity index (χ4v) is 5.36. The first-order valence-corrected chi connectivity index (χ1v) is 15.6. The quantitative estimate of drug-likeness (QED) is 0.301. The molecule has 1 saturated heterocycles. The van der Waals surface area contributed by atoms with Crippen LogP contribution >= 0.6 is 23.5 Å². The van der Waals surface area contributed by atoms with Gasteiger partial charge in [-0.1, -0.05) is 32.5 Å². The summed E-state index contributed by atoms with van der Waals surface area (Å²) >= 11 is 2.32. The predicted octanol–water partition coefficient (Wildman–Crippen LogP) is 4.12. The highest BCUT2D eigenvalue weighted by atomic mass is 32.2. The van der Waals surface area contributed by atoms with Gasteiger partial charge in [0.1, 0.15) is 30.0 Å². The topological polar surface area (TPSA) is 112 Å². The molecule has 12 heteroatoms. The van der Waals surface area contributed by atoms with Crippen LogP contribution in [0.25, 0.3) is 0 Å². The number of aromatic nitrogens is 2. The Balaban J connectivity index is 2.18. The highest BCUT2D eigenvalue weighted by Gasteiger charge is 2.43. The van der Waals surface area contributed by atoms with Crippen LogP contribution in [0.3, 0.4) is 0 Å². The first-order chi connectivity index (χ1) is 18.3. The van der Waals surface area contributed by atoms with Gasteiger partial charge in [0, 0.05) is 25.2 Å². The molecule has 0 aromatic carbocycles. The molecule has 2 rings (SSSR count). The molecule has 39 heavy (non-hydrogen) atoms. The van der Waals surface area contributed by atoms with Gasteiger partial charge in [0.15, 0.2) is 5.78 Å². The number of nitrogens with zero attached hydrogens (tertiary/aromatic N) is 3. The minimum atomic E-state index is -1.14. The Morgan fingerprint density at radius 1 is 1.05 bits per heavy atom. The van der Waals surface area contributed by atoms with Crippen molar-refractivity contribution >= 4 is 40.2 Å². The van der Waals surface area contributed by atoms with Gasteiger partial charge in [-0.25, -0.2) is 0 Å². The molecule has 1 N–H and O–H groups in total. The van der Waals surface area contributed by atoms with Gasteiger partial charge in [0.2, 0.25) is 10.9 Å². The van der Waals surface area contributed by atoms with Crippen molar-refractivity contribution in [2.45, 2.75) is 104 Å². The smallest absolute Gasteiger partial charge is 0.270 e. The van der Waals surface area contributed by atoms with Crippen LogP contribution in [0, 0.1) is 0 Å². The summed E-state index contributed by atoms with van der Waals surface area (Å²) < 4.78 is 33.0. The number of hydrogen-bond acceptors (Lipinski definition) is 12. The summed E-state index contributed by atoms with van der Waals surface area (Å²) in [5, 5.41) is 3.40. The molecule has 0 radical (unpaired) electrons. The third kappa shape index (κ3) is 9.93. The van der Waals surface area contributed by atoms with Gasteiger partial charge >= 0.3 is 0 Å². The van der Waals surface area contributed by atoms with Gasteiger partial charge in [-0.3, -0.25) is 9.59 Å². The van der Waals surface area contributed by atoms with Crippen molar-refractivity contribution in [3.8, 4) is 5.88 Å². The lowest BCUT2D eigenvalue weighted by atomic mass is 9.92. The molecular weight excluding hydrogens is 540 g/mol. The number of thioether (sulfide) groups is 1. The summed E-state index contributed by atoms with van der Waals surface area (Å²) in [5.41, 5.74) is -2.35. The first kappa shape index (κ1) is 33.9. The summed E-state index contributed by atoms with van der Waals surface area (Å²) in [6.45, 7) is 20.6. The Labute approximate surface area is 242 Å². The number of nitrogens with one attached hydrogen (secondary N) is 1. The molecule has 0 aliphatic carbocycles. The van der Waals surface area contributed by atoms with Gasteiger partial charge in [-0.05, 0) is 60.1 Å². The number of Topliss-reactive ketones (excluding diaryl/α,β-unsaturated/α-hetero) is 1. The van der Waals surface area contributed by atoms with E-state index in [4.69, 9.17) is 18.9 Å². The highest BCUT2D eigenvalue weighted by Crippen LogP contribution is 2.30. The molecule has 224 valence electrons. The molecule has 0 bridgehead atoms. The summed E-state index contributed by atoms with van der Waals surface area (Å²) in [6.07, 6.45) is -0.378. The first-order valence-electron chi connectivity index (χ1n) is 13.9. The number of ketones is 1. The van der Waals surface area contributed by atoms with Gasteiger partial charge in [0.05, 0.1) is 24.9 Å². The second-order valence-electron chi connectivity index (χ2n) is 11.2. The third-order valence-electron chi connectivity index (χ3n) is 6.83. The molecule has 1 fully saturated rings. The van der Waals surface area contributed by atoms with Gasteiger partial charge in [-0.15, -0.1) is 4.37 Å². The van der Waals surface area contributed by atoms with Crippen LogP contribution in [0.5, 0.6) is 5.88 Å². The van der Waals surface area contributed by atoms with Crippen molar-refractivity contribution in [1.82, 2.24) is 14.1 Å². The van der Waals surface area contributed by atoms with E-state index in [9.17, 15) is 9.59 Å². The second-order valence-corrected chi connectivity index (χ2v) is 13.0. The number of ether oxygens (including phenoxy) is 4. The molecule has 0 spiro atoms. The fraction of sp³-hybridized carbons (Fsp3) is 0.852. The Morgan fingerprint density at radius 2 is 1.69 bits per heavy atom. The Kier molecular flexibility index (Phi) is 13.1. The summed E-state index contributed by atoms with van der Waals surface area (Å²) in [4.78, 5) is 28.6. The van der Waals surface area contributed by atoms with E-state index < -0.39 is 23.4 Å². The number of morpholine rings is 1. The third-order valence-corrected chi connectivity index (χ3v) is 8.31. The lowest BCUT2D eigenvalue weighted by Crippen LogP contribution is -2.53. The van der Waals surface area contributed by atoms with E-state index in [1.807, 2.05) is 20.8 Å². The molecule has 10 nitrogen and oxygen atoms in total. The molecule has 0 saturated carbocycles. The zero-order valence-electron chi connectivity index (χ0n) is 25.1. The van der Waals surface area contributed by atoms with Crippen molar-refractivity contribution in [2.24, 2.45) is 0 Å². The van der Waals surface area contributed by atoms with Crippen LogP contribution in [-0.4, -0.2) is 93.8 Å². The van der Waals surface area contributed by atoms with Crippen molar-refractivity contribution in [3.05, 3.63) is 0 Å². The normalized spacial score (nSPS) is 19.2. The van der Waals surface area contributed by atoms with E-state index >= 15 is 0 Å². The van der Waals surface area contributed by atoms with E-state index in [1.165, 1.54) is 11.8 Å². The standard InChI is InChI=1S/C27H48N4O6S2/c1-10-26(8,21(32)19(4)36-27(9,11-2)24(33)38-12-3)37-20(17-28-25(5,6)7)18-35-23-22(29-39-30-23)31-13-15-34-16-14-31/h19-20,28H,10-18H2,1-9H3/t19-,20-,26?,27?/m0/s1. The van der Waals surface area contributed by atoms with E-state index in [0.29, 0.717) is 50.1 Å². The summed E-state index contributed by atoms with van der Waals surface area (Å²) in [7, 11) is 0. The maximum atomic E-state index is 13.7. The molecule has 4 atom stereocenters. The second kappa shape index (κ2) is 15.1. The van der Waals surface area contributed by atoms with Crippen molar-refractivity contribution in [3.63, 3.8) is 0 Å². The largest absolute Gasteiger partial charge is 0.472 e. The molecule has 2 heterocycles. The lowest BCUT2D eigenvalue weighted by Gasteiger charge is -2.37. The molecular formula is C27H48N4O6S2. The van der Waals surface area contributed by atoms with E-state index in [0.717, 1.165) is 24.8 Å². The zero-order valence-corrected chi connectivity index (χ0v) is 26.8. The molecule has 2 unspecified atom stereocenters. The Morgan fingerprint density at radius 3 is 2.26 bits per heavy atom. The van der Waals surface area contributed by atoms with Crippen molar-refractivity contribution in [1.29, 1.82) is 0 Å². The van der Waals surface area contributed by atoms with Crippen LogP contribution in [-0.2, 0) is 23.8 Å². The number of rotatable bonds is 16. The van der Waals surface area contributed by atoms with Crippen LogP contribution < -0.4 is 15.0 Å². The van der Waals surface area contributed by atoms with Crippen molar-refractivity contribution < 1.29 is 28.5 Å². The van der Waals surface area contributed by atoms with E-state index in [1.54, 1.807) is 20.8 Å². The minimum absolute atomic E-state index is 0.0696. The molecule has 1 aliphatic heterocycles. The van der Waals surface area contributed by atoms with Crippen LogP contribution in [0.4, 0.5) is 5.82 Å². The molecule has 1 aliphatic rings. The monoisotopic (exact) mass is 588 g/mol. The molecule has 0 amide bonds. The average molecular weight is 589 g/mol.